The van der Waals surface area contributed by atoms with Gasteiger partial charge >= 0.3 is 0 Å². The summed E-state index contributed by atoms with van der Waals surface area (Å²) in [5, 5.41) is 3.78. The van der Waals surface area contributed by atoms with Gasteiger partial charge in [0.2, 0.25) is 0 Å². The Morgan fingerprint density at radius 1 is 0.909 bits per heavy atom. The zero-order chi connectivity index (χ0) is 16.3. The third-order valence-corrected chi connectivity index (χ3v) is 4.65. The normalized spacial score (nSPS) is 14.2. The molecule has 2 nitrogen and oxygen atoms in total. The third kappa shape index (κ3) is 8.03. The topological polar surface area (TPSA) is 25.2 Å². The molecule has 1 N–H and O–H groups in total. The lowest BCUT2D eigenvalue weighted by molar-refractivity contribution is 0.275. The highest BCUT2D eigenvalue weighted by Gasteiger charge is 2.22. The van der Waals surface area contributed by atoms with Crippen molar-refractivity contribution in [2.75, 3.05) is 0 Å². The molecule has 0 aliphatic carbocycles. The molecule has 0 fully saturated rings. The van der Waals surface area contributed by atoms with Crippen molar-refractivity contribution in [3.8, 4) is 0 Å². The molecule has 0 radical (unpaired) electrons. The molecule has 0 saturated carbocycles. The molecule has 2 heteroatoms. The summed E-state index contributed by atoms with van der Waals surface area (Å²) in [5.41, 5.74) is 0.252. The van der Waals surface area contributed by atoms with Gasteiger partial charge in [-0.1, -0.05) is 65.2 Å². The lowest BCUT2D eigenvalue weighted by atomic mass is 9.88. The molecule has 1 unspecified atom stereocenters. The molecule has 1 heterocycles. The van der Waals surface area contributed by atoms with Crippen LogP contribution in [0, 0.1) is 6.92 Å². The minimum atomic E-state index is 0.252. The summed E-state index contributed by atoms with van der Waals surface area (Å²) in [6.45, 7) is 9.82. The number of unbranched alkanes of at least 4 members (excludes halogenated alkanes) is 6. The van der Waals surface area contributed by atoms with Gasteiger partial charge in [-0.3, -0.25) is 0 Å². The van der Waals surface area contributed by atoms with Crippen LogP contribution in [0.1, 0.15) is 96.5 Å². The summed E-state index contributed by atoms with van der Waals surface area (Å²) in [6, 6.07) is 4.15. The molecule has 0 aromatic carbocycles. The van der Waals surface area contributed by atoms with Crippen molar-refractivity contribution in [1.29, 1.82) is 0 Å². The van der Waals surface area contributed by atoms with Gasteiger partial charge in [0.25, 0.3) is 0 Å². The second-order valence-corrected chi connectivity index (χ2v) is 7.05. The Bertz CT molecular complexity index is 385. The maximum absolute atomic E-state index is 5.70. The van der Waals surface area contributed by atoms with Crippen molar-refractivity contribution in [1.82, 2.24) is 5.32 Å². The van der Waals surface area contributed by atoms with Crippen LogP contribution >= 0.6 is 0 Å². The van der Waals surface area contributed by atoms with E-state index in [0.29, 0.717) is 0 Å². The van der Waals surface area contributed by atoms with Crippen molar-refractivity contribution in [2.45, 2.75) is 104 Å². The van der Waals surface area contributed by atoms with Gasteiger partial charge in [-0.15, -0.1) is 0 Å². The molecule has 1 rings (SSSR count). The van der Waals surface area contributed by atoms with Gasteiger partial charge in [0.15, 0.2) is 0 Å². The SMILES string of the molecule is CCCCCCCC(C)(CCCCC)NCc1ccc(C)o1. The highest BCUT2D eigenvalue weighted by molar-refractivity contribution is 5.05. The fourth-order valence-corrected chi connectivity index (χ4v) is 3.07. The van der Waals surface area contributed by atoms with Crippen LogP contribution in [0.25, 0.3) is 0 Å². The average Bonchev–Trinajstić information content (AvgIpc) is 2.91. The Kier molecular flexibility index (Phi) is 9.54. The lowest BCUT2D eigenvalue weighted by Crippen LogP contribution is -2.41. The van der Waals surface area contributed by atoms with Gasteiger partial charge in [0, 0.05) is 5.54 Å². The smallest absolute Gasteiger partial charge is 0.117 e. The maximum atomic E-state index is 5.70. The van der Waals surface area contributed by atoms with Crippen molar-refractivity contribution in [2.24, 2.45) is 0 Å². The van der Waals surface area contributed by atoms with Crippen LogP contribution in [0.2, 0.25) is 0 Å². The summed E-state index contributed by atoms with van der Waals surface area (Å²) in [5.74, 6) is 2.06. The van der Waals surface area contributed by atoms with Crippen LogP contribution in [-0.2, 0) is 6.54 Å². The molecule has 1 atom stereocenters. The fraction of sp³-hybridized carbons (Fsp3) is 0.800. The van der Waals surface area contributed by atoms with Crippen molar-refractivity contribution >= 4 is 0 Å². The monoisotopic (exact) mass is 307 g/mol. The van der Waals surface area contributed by atoms with Gasteiger partial charge in [-0.2, -0.15) is 0 Å². The van der Waals surface area contributed by atoms with Crippen LogP contribution in [-0.4, -0.2) is 5.54 Å². The predicted molar refractivity (Wildman–Crippen MR) is 96.2 cm³/mol. The molecule has 1 aromatic heterocycles. The first-order valence-electron chi connectivity index (χ1n) is 9.40. The van der Waals surface area contributed by atoms with E-state index in [1.165, 1.54) is 64.2 Å². The summed E-state index contributed by atoms with van der Waals surface area (Å²) in [7, 11) is 0. The van der Waals surface area contributed by atoms with E-state index >= 15 is 0 Å². The van der Waals surface area contributed by atoms with E-state index in [1.54, 1.807) is 0 Å². The molecule has 128 valence electrons. The molecule has 22 heavy (non-hydrogen) atoms. The second-order valence-electron chi connectivity index (χ2n) is 7.05. The van der Waals surface area contributed by atoms with Crippen LogP contribution < -0.4 is 5.32 Å². The summed E-state index contributed by atoms with van der Waals surface area (Å²) >= 11 is 0. The van der Waals surface area contributed by atoms with Gasteiger partial charge in [0.1, 0.15) is 11.5 Å². The molecule has 0 amide bonds. The van der Waals surface area contributed by atoms with Gasteiger partial charge in [0.05, 0.1) is 6.54 Å². The standard InChI is InChI=1S/C20H37NO/c1-5-7-9-10-12-16-20(4,15-11-8-6-2)21-17-19-14-13-18(3)22-19/h13-14,21H,5-12,15-17H2,1-4H3. The van der Waals surface area contributed by atoms with Gasteiger partial charge < -0.3 is 9.73 Å². The zero-order valence-electron chi connectivity index (χ0n) is 15.3. The Balaban J connectivity index is 2.41. The van der Waals surface area contributed by atoms with E-state index in [4.69, 9.17) is 4.42 Å². The number of hydrogen-bond acceptors (Lipinski definition) is 2. The van der Waals surface area contributed by atoms with E-state index in [1.807, 2.05) is 6.92 Å². The van der Waals surface area contributed by atoms with Crippen LogP contribution in [0.3, 0.4) is 0 Å². The maximum Gasteiger partial charge on any atom is 0.117 e. The first-order valence-corrected chi connectivity index (χ1v) is 9.40. The minimum absolute atomic E-state index is 0.252. The number of rotatable bonds is 13. The first kappa shape index (κ1) is 19.3. The molecule has 0 bridgehead atoms. The molecular formula is C20H37NO. The van der Waals surface area contributed by atoms with E-state index in [2.05, 4.69) is 38.2 Å². The molecule has 1 aromatic rings. The first-order chi connectivity index (χ1) is 10.6. The number of aryl methyl sites for hydroxylation is 1. The van der Waals surface area contributed by atoms with Crippen molar-refractivity contribution < 1.29 is 4.42 Å². The average molecular weight is 308 g/mol. The summed E-state index contributed by atoms with van der Waals surface area (Å²) < 4.78 is 5.70. The Morgan fingerprint density at radius 2 is 1.50 bits per heavy atom. The van der Waals surface area contributed by atoms with E-state index in [-0.39, 0.29) is 5.54 Å². The van der Waals surface area contributed by atoms with Crippen molar-refractivity contribution in [3.05, 3.63) is 23.7 Å². The van der Waals surface area contributed by atoms with E-state index in [9.17, 15) is 0 Å². The molecule has 0 aliphatic heterocycles. The minimum Gasteiger partial charge on any atom is -0.465 e. The van der Waals surface area contributed by atoms with Gasteiger partial charge in [-0.05, 0) is 38.8 Å². The summed E-state index contributed by atoms with van der Waals surface area (Å²) in [6.07, 6.45) is 13.3. The molecular weight excluding hydrogens is 270 g/mol. The van der Waals surface area contributed by atoms with E-state index in [0.717, 1.165) is 18.1 Å². The Hall–Kier alpha value is -0.760. The Morgan fingerprint density at radius 3 is 2.09 bits per heavy atom. The van der Waals surface area contributed by atoms with Gasteiger partial charge in [-0.25, -0.2) is 0 Å². The highest BCUT2D eigenvalue weighted by Crippen LogP contribution is 2.23. The fourth-order valence-electron chi connectivity index (χ4n) is 3.07. The van der Waals surface area contributed by atoms with Crippen LogP contribution in [0.4, 0.5) is 0 Å². The highest BCUT2D eigenvalue weighted by atomic mass is 16.3. The Labute approximate surface area is 138 Å². The van der Waals surface area contributed by atoms with Crippen LogP contribution in [0.5, 0.6) is 0 Å². The van der Waals surface area contributed by atoms with Crippen molar-refractivity contribution in [3.63, 3.8) is 0 Å². The summed E-state index contributed by atoms with van der Waals surface area (Å²) in [4.78, 5) is 0. The number of nitrogens with one attached hydrogen (secondary N) is 1. The number of furan rings is 1. The molecule has 0 aliphatic rings. The third-order valence-electron chi connectivity index (χ3n) is 4.65. The van der Waals surface area contributed by atoms with Crippen LogP contribution in [0.15, 0.2) is 16.5 Å². The lowest BCUT2D eigenvalue weighted by Gasteiger charge is -2.31. The quantitative estimate of drug-likeness (QED) is 0.428. The molecule has 0 saturated heterocycles. The van der Waals surface area contributed by atoms with E-state index < -0.39 is 0 Å². The molecule has 0 spiro atoms. The predicted octanol–water partition coefficient (Wildman–Crippen LogP) is 6.38. The number of hydrogen-bond donors (Lipinski definition) is 1. The zero-order valence-corrected chi connectivity index (χ0v) is 15.3. The second kappa shape index (κ2) is 10.9. The largest absolute Gasteiger partial charge is 0.465 e.